The summed E-state index contributed by atoms with van der Waals surface area (Å²) in [6, 6.07) is 7.54. The number of benzene rings is 1. The van der Waals surface area contributed by atoms with Crippen molar-refractivity contribution in [2.75, 3.05) is 0 Å². The van der Waals surface area contributed by atoms with Gasteiger partial charge in [-0.2, -0.15) is 0 Å². The second-order valence-electron chi connectivity index (χ2n) is 3.74. The van der Waals surface area contributed by atoms with Crippen molar-refractivity contribution in [2.45, 2.75) is 12.8 Å². The van der Waals surface area contributed by atoms with Crippen LogP contribution in [0.1, 0.15) is 11.3 Å². The van der Waals surface area contributed by atoms with E-state index in [9.17, 15) is 14.0 Å². The predicted octanol–water partition coefficient (Wildman–Crippen LogP) is 0.987. The quantitative estimate of drug-likeness (QED) is 0.778. The molecule has 88 valence electrons. The van der Waals surface area contributed by atoms with E-state index in [1.54, 1.807) is 6.07 Å². The average Bonchev–Trinajstić information content (AvgIpc) is 2.31. The van der Waals surface area contributed by atoms with Gasteiger partial charge in [-0.25, -0.2) is 4.39 Å². The van der Waals surface area contributed by atoms with Crippen molar-refractivity contribution < 1.29 is 4.39 Å². The summed E-state index contributed by atoms with van der Waals surface area (Å²) in [6.07, 6.45) is 1.13. The summed E-state index contributed by atoms with van der Waals surface area (Å²) in [5.41, 5.74) is 0.230. The Balaban J connectivity index is 2.10. The Morgan fingerprint density at radius 2 is 1.88 bits per heavy atom. The molecule has 0 saturated heterocycles. The number of hydrogen-bond acceptors (Lipinski definition) is 2. The molecule has 4 nitrogen and oxygen atoms in total. The minimum Gasteiger partial charge on any atom is -0.302 e. The Morgan fingerprint density at radius 1 is 1.06 bits per heavy atom. The Hall–Kier alpha value is -2.17. The fraction of sp³-hybridized carbons (Fsp3) is 0.167. The monoisotopic (exact) mass is 234 g/mol. The first-order valence-corrected chi connectivity index (χ1v) is 5.20. The molecule has 2 rings (SSSR count). The maximum absolute atomic E-state index is 12.9. The molecule has 1 heterocycles. The molecule has 2 N–H and O–H groups in total. The molecule has 0 aliphatic carbocycles. The third-order valence-electron chi connectivity index (χ3n) is 2.44. The van der Waals surface area contributed by atoms with Gasteiger partial charge in [0.25, 0.3) is 0 Å². The number of nitrogens with one attached hydrogen (secondary N) is 2. The molecule has 0 fully saturated rings. The fourth-order valence-corrected chi connectivity index (χ4v) is 1.56. The highest BCUT2D eigenvalue weighted by Crippen LogP contribution is 2.06. The third-order valence-corrected chi connectivity index (χ3v) is 2.44. The number of halogens is 1. The van der Waals surface area contributed by atoms with Crippen LogP contribution in [0.5, 0.6) is 0 Å². The number of rotatable bonds is 3. The van der Waals surface area contributed by atoms with Crippen LogP contribution in [0, 0.1) is 5.82 Å². The highest BCUT2D eigenvalue weighted by atomic mass is 19.1. The van der Waals surface area contributed by atoms with Crippen LogP contribution < -0.4 is 11.0 Å². The zero-order valence-corrected chi connectivity index (χ0v) is 9.00. The van der Waals surface area contributed by atoms with E-state index in [1.807, 2.05) is 6.07 Å². The topological polar surface area (TPSA) is 65.7 Å². The van der Waals surface area contributed by atoms with Gasteiger partial charge >= 0.3 is 5.56 Å². The first kappa shape index (κ1) is 11.3. The van der Waals surface area contributed by atoms with Gasteiger partial charge in [-0.05, 0) is 30.5 Å². The summed E-state index contributed by atoms with van der Waals surface area (Å²) in [5.74, 6) is -0.280. The number of aromatic amines is 2. The largest absolute Gasteiger partial charge is 0.310 e. The van der Waals surface area contributed by atoms with Gasteiger partial charge in [0.2, 0.25) is 5.43 Å². The van der Waals surface area contributed by atoms with E-state index in [4.69, 9.17) is 0 Å². The van der Waals surface area contributed by atoms with E-state index in [1.165, 1.54) is 18.2 Å². The number of aromatic nitrogens is 2. The van der Waals surface area contributed by atoms with Gasteiger partial charge in [0.1, 0.15) is 5.82 Å². The maximum atomic E-state index is 12.9. The van der Waals surface area contributed by atoms with E-state index in [2.05, 4.69) is 10.2 Å². The van der Waals surface area contributed by atoms with Crippen molar-refractivity contribution in [1.82, 2.24) is 10.2 Å². The molecule has 1 aromatic carbocycles. The smallest absolute Gasteiger partial charge is 0.302 e. The van der Waals surface area contributed by atoms with Crippen LogP contribution in [-0.4, -0.2) is 10.2 Å². The first-order chi connectivity index (χ1) is 8.15. The summed E-state index contributed by atoms with van der Waals surface area (Å²) < 4.78 is 12.9. The molecule has 0 unspecified atom stereocenters. The van der Waals surface area contributed by atoms with E-state index in [-0.39, 0.29) is 5.82 Å². The lowest BCUT2D eigenvalue weighted by molar-refractivity contribution is 0.625. The molecule has 0 atom stereocenters. The van der Waals surface area contributed by atoms with Crippen molar-refractivity contribution in [3.63, 3.8) is 0 Å². The molecular formula is C12H11FN2O2. The lowest BCUT2D eigenvalue weighted by Gasteiger charge is -2.01. The molecule has 0 aliphatic heterocycles. The molecule has 0 spiro atoms. The molecule has 17 heavy (non-hydrogen) atoms. The lowest BCUT2D eigenvalue weighted by atomic mass is 10.1. The van der Waals surface area contributed by atoms with Crippen LogP contribution in [0.15, 0.2) is 39.9 Å². The fourth-order valence-electron chi connectivity index (χ4n) is 1.56. The number of aryl methyl sites for hydroxylation is 2. The van der Waals surface area contributed by atoms with Gasteiger partial charge in [-0.3, -0.25) is 14.7 Å². The predicted molar refractivity (Wildman–Crippen MR) is 61.5 cm³/mol. The van der Waals surface area contributed by atoms with Gasteiger partial charge in [0.15, 0.2) is 0 Å². The summed E-state index contributed by atoms with van der Waals surface area (Å²) in [4.78, 5) is 21.9. The highest BCUT2D eigenvalue weighted by molar-refractivity contribution is 5.17. The van der Waals surface area contributed by atoms with Crippen molar-refractivity contribution in [3.05, 3.63) is 68.0 Å². The third kappa shape index (κ3) is 2.90. The number of hydrogen-bond donors (Lipinski definition) is 2. The Kier molecular flexibility index (Phi) is 3.18. The van der Waals surface area contributed by atoms with Gasteiger partial charge in [0, 0.05) is 11.8 Å². The van der Waals surface area contributed by atoms with E-state index < -0.39 is 11.0 Å². The SMILES string of the molecule is O=c1cc(CCc2cccc(F)c2)[nH][nH]c1=O. The minimum atomic E-state index is -0.667. The normalized spacial score (nSPS) is 10.4. The number of H-pyrrole nitrogens is 2. The van der Waals surface area contributed by atoms with Crippen molar-refractivity contribution in [1.29, 1.82) is 0 Å². The van der Waals surface area contributed by atoms with Gasteiger partial charge < -0.3 is 5.10 Å². The molecular weight excluding hydrogens is 223 g/mol. The molecule has 5 heteroatoms. The summed E-state index contributed by atoms with van der Waals surface area (Å²) in [5, 5.41) is 4.88. The second kappa shape index (κ2) is 4.78. The van der Waals surface area contributed by atoms with Crippen molar-refractivity contribution in [3.8, 4) is 0 Å². The van der Waals surface area contributed by atoms with Crippen molar-refractivity contribution in [2.24, 2.45) is 0 Å². The van der Waals surface area contributed by atoms with Crippen LogP contribution in [0.25, 0.3) is 0 Å². The van der Waals surface area contributed by atoms with E-state index >= 15 is 0 Å². The molecule has 1 aromatic heterocycles. The molecule has 0 amide bonds. The molecule has 0 bridgehead atoms. The molecule has 0 saturated carbocycles. The zero-order chi connectivity index (χ0) is 12.3. The Bertz CT molecular complexity index is 631. The minimum absolute atomic E-state index is 0.280. The highest BCUT2D eigenvalue weighted by Gasteiger charge is 2.00. The molecule has 0 radical (unpaired) electrons. The van der Waals surface area contributed by atoms with Gasteiger partial charge in [-0.1, -0.05) is 12.1 Å². The van der Waals surface area contributed by atoms with Crippen LogP contribution in [0.2, 0.25) is 0 Å². The summed E-state index contributed by atoms with van der Waals surface area (Å²) in [6.45, 7) is 0. The van der Waals surface area contributed by atoms with Crippen LogP contribution in [0.3, 0.4) is 0 Å². The molecule has 0 aliphatic rings. The maximum Gasteiger partial charge on any atom is 0.310 e. The van der Waals surface area contributed by atoms with Crippen LogP contribution >= 0.6 is 0 Å². The standard InChI is InChI=1S/C12H11FN2O2/c13-9-3-1-2-8(6-9)4-5-10-7-11(16)12(17)15-14-10/h1-3,6-7H,4-5H2,(H,14,16)(H,15,17). The zero-order valence-electron chi connectivity index (χ0n) is 9.00. The average molecular weight is 234 g/mol. The van der Waals surface area contributed by atoms with E-state index in [0.29, 0.717) is 18.5 Å². The Labute approximate surface area is 96.1 Å². The van der Waals surface area contributed by atoms with Crippen LogP contribution in [-0.2, 0) is 12.8 Å². The van der Waals surface area contributed by atoms with Gasteiger partial charge in [0.05, 0.1) is 0 Å². The Morgan fingerprint density at radius 3 is 2.59 bits per heavy atom. The van der Waals surface area contributed by atoms with Crippen LogP contribution in [0.4, 0.5) is 4.39 Å². The van der Waals surface area contributed by atoms with E-state index in [0.717, 1.165) is 5.56 Å². The molecule has 2 aromatic rings. The first-order valence-electron chi connectivity index (χ1n) is 5.20. The lowest BCUT2D eigenvalue weighted by Crippen LogP contribution is -2.27. The summed E-state index contributed by atoms with van der Waals surface area (Å²) >= 11 is 0. The van der Waals surface area contributed by atoms with Gasteiger partial charge in [-0.15, -0.1) is 0 Å². The summed E-state index contributed by atoms with van der Waals surface area (Å²) in [7, 11) is 0. The van der Waals surface area contributed by atoms with Crippen molar-refractivity contribution >= 4 is 0 Å². The second-order valence-corrected chi connectivity index (χ2v) is 3.74.